The molecule has 4 aromatic rings. The molecule has 1 saturated heterocycles. The van der Waals surface area contributed by atoms with Crippen molar-refractivity contribution < 1.29 is 0 Å². The minimum atomic E-state index is -0.173. The summed E-state index contributed by atoms with van der Waals surface area (Å²) in [6.45, 7) is 8.91. The molecular formula is C29H34N8O. The molecule has 196 valence electrons. The van der Waals surface area contributed by atoms with Gasteiger partial charge in [0, 0.05) is 42.5 Å². The number of allylic oxidation sites excluding steroid dienone is 1. The van der Waals surface area contributed by atoms with Crippen LogP contribution in [0.1, 0.15) is 67.7 Å². The van der Waals surface area contributed by atoms with Gasteiger partial charge in [-0.2, -0.15) is 15.2 Å². The highest BCUT2D eigenvalue weighted by atomic mass is 16.1. The van der Waals surface area contributed by atoms with E-state index in [0.717, 1.165) is 56.5 Å². The first-order chi connectivity index (χ1) is 18.3. The fraction of sp³-hybridized carbons (Fsp3) is 0.448. The average Bonchev–Trinajstić information content (AvgIpc) is 3.58. The third kappa shape index (κ3) is 3.41. The van der Waals surface area contributed by atoms with Crippen LogP contribution in [0.5, 0.6) is 0 Å². The zero-order valence-corrected chi connectivity index (χ0v) is 22.2. The molecule has 4 heterocycles. The third-order valence-corrected chi connectivity index (χ3v) is 9.02. The Balaban J connectivity index is 1.20. The van der Waals surface area contributed by atoms with Crippen LogP contribution in [0, 0.1) is 10.8 Å². The van der Waals surface area contributed by atoms with E-state index < -0.39 is 0 Å². The first-order valence-corrected chi connectivity index (χ1v) is 13.6. The van der Waals surface area contributed by atoms with Crippen molar-refractivity contribution in [2.24, 2.45) is 16.6 Å². The van der Waals surface area contributed by atoms with Gasteiger partial charge >= 0.3 is 0 Å². The Morgan fingerprint density at radius 3 is 2.71 bits per heavy atom. The molecule has 3 aliphatic rings. The molecule has 1 aromatic carbocycles. The number of nitrogens with zero attached hydrogens (tertiary/aromatic N) is 5. The number of benzene rings is 1. The predicted octanol–water partition coefficient (Wildman–Crippen LogP) is 3.72. The molecule has 9 heteroatoms. The van der Waals surface area contributed by atoms with Gasteiger partial charge in [0.25, 0.3) is 5.56 Å². The highest BCUT2D eigenvalue weighted by Gasteiger charge is 2.46. The predicted molar refractivity (Wildman–Crippen MR) is 148 cm³/mol. The number of fused-ring (bicyclic) bond motifs is 3. The first kappa shape index (κ1) is 23.4. The van der Waals surface area contributed by atoms with E-state index in [-0.39, 0.29) is 22.4 Å². The van der Waals surface area contributed by atoms with Crippen LogP contribution in [0.4, 0.5) is 5.95 Å². The summed E-state index contributed by atoms with van der Waals surface area (Å²) >= 11 is 0. The van der Waals surface area contributed by atoms with Gasteiger partial charge in [0.15, 0.2) is 5.65 Å². The maximum Gasteiger partial charge on any atom is 0.264 e. The minimum absolute atomic E-state index is 0.0560. The number of H-pyrrole nitrogens is 2. The molecule has 0 radical (unpaired) electrons. The number of anilines is 1. The summed E-state index contributed by atoms with van der Waals surface area (Å²) in [5, 5.41) is 12.7. The molecule has 38 heavy (non-hydrogen) atoms. The molecule has 7 rings (SSSR count). The monoisotopic (exact) mass is 510 g/mol. The topological polar surface area (TPSA) is 122 Å². The van der Waals surface area contributed by atoms with Gasteiger partial charge in [-0.1, -0.05) is 44.2 Å². The molecule has 1 fully saturated rings. The van der Waals surface area contributed by atoms with Crippen molar-refractivity contribution in [3.8, 4) is 0 Å². The van der Waals surface area contributed by atoms with Crippen molar-refractivity contribution in [3.05, 3.63) is 75.0 Å². The summed E-state index contributed by atoms with van der Waals surface area (Å²) in [6, 6.07) is 8.61. The summed E-state index contributed by atoms with van der Waals surface area (Å²) in [7, 11) is 0. The van der Waals surface area contributed by atoms with Crippen LogP contribution in [-0.4, -0.2) is 43.0 Å². The Morgan fingerprint density at radius 2 is 1.95 bits per heavy atom. The Hall–Kier alpha value is -3.72. The highest BCUT2D eigenvalue weighted by molar-refractivity contribution is 5.94. The van der Waals surface area contributed by atoms with Crippen LogP contribution in [-0.2, 0) is 19.4 Å². The van der Waals surface area contributed by atoms with Crippen molar-refractivity contribution in [3.63, 3.8) is 0 Å². The summed E-state index contributed by atoms with van der Waals surface area (Å²) in [5.74, 6) is 0.592. The fourth-order valence-corrected chi connectivity index (χ4v) is 6.98. The quantitative estimate of drug-likeness (QED) is 0.386. The molecule has 1 aliphatic heterocycles. The lowest BCUT2D eigenvalue weighted by molar-refractivity contribution is 0.187. The Bertz CT molecular complexity index is 1650. The molecule has 0 bridgehead atoms. The van der Waals surface area contributed by atoms with E-state index in [0.29, 0.717) is 22.7 Å². The number of aromatic amines is 2. The second kappa shape index (κ2) is 8.14. The molecule has 2 aliphatic carbocycles. The molecule has 1 spiro atoms. The van der Waals surface area contributed by atoms with Crippen molar-refractivity contribution in [2.45, 2.75) is 59.0 Å². The lowest BCUT2D eigenvalue weighted by atomic mass is 9.73. The van der Waals surface area contributed by atoms with Crippen molar-refractivity contribution in [2.75, 3.05) is 18.0 Å². The van der Waals surface area contributed by atoms with Gasteiger partial charge < -0.3 is 10.6 Å². The second-order valence-electron chi connectivity index (χ2n) is 11.9. The van der Waals surface area contributed by atoms with Gasteiger partial charge in [0.05, 0.1) is 6.20 Å². The van der Waals surface area contributed by atoms with Crippen LogP contribution in [0.25, 0.3) is 16.6 Å². The molecule has 4 N–H and O–H groups in total. The Kier molecular flexibility index (Phi) is 5.01. The number of nitrogens with one attached hydrogen (secondary N) is 2. The van der Waals surface area contributed by atoms with E-state index in [2.05, 4.69) is 76.3 Å². The second-order valence-corrected chi connectivity index (χ2v) is 11.9. The maximum atomic E-state index is 13.5. The van der Waals surface area contributed by atoms with Crippen molar-refractivity contribution in [1.29, 1.82) is 0 Å². The third-order valence-electron chi connectivity index (χ3n) is 9.02. The number of aryl methyl sites for hydroxylation is 1. The van der Waals surface area contributed by atoms with E-state index in [1.54, 1.807) is 0 Å². The zero-order valence-electron chi connectivity index (χ0n) is 22.2. The van der Waals surface area contributed by atoms with Crippen LogP contribution >= 0.6 is 0 Å². The van der Waals surface area contributed by atoms with Crippen molar-refractivity contribution in [1.82, 2.24) is 29.9 Å². The number of piperidine rings is 1. The van der Waals surface area contributed by atoms with Gasteiger partial charge in [-0.25, -0.2) is 0 Å². The first-order valence-electron chi connectivity index (χ1n) is 13.6. The van der Waals surface area contributed by atoms with Gasteiger partial charge in [-0.3, -0.25) is 19.6 Å². The van der Waals surface area contributed by atoms with Crippen LogP contribution in [0.3, 0.4) is 0 Å². The lowest BCUT2D eigenvalue weighted by Gasteiger charge is -2.42. The van der Waals surface area contributed by atoms with E-state index in [4.69, 9.17) is 10.7 Å². The summed E-state index contributed by atoms with van der Waals surface area (Å²) < 4.78 is 2.04. The molecule has 9 nitrogen and oxygen atoms in total. The van der Waals surface area contributed by atoms with E-state index in [9.17, 15) is 4.79 Å². The highest BCUT2D eigenvalue weighted by Crippen LogP contribution is 2.50. The molecule has 0 amide bonds. The standard InChI is InChI=1S/C29H34N8O/c1-4-37-21-15-28(2,3)14-19(20(21)16-31-37)23-22-25(35-34-23)32-27(33-26(22)38)36-11-9-29(10-12-36)13-17-7-5-6-8-18(17)24(29)30/h5-8,14,16,24H,4,9-13,15,30H2,1-3H3,(H2,32,33,34,35,38)/t24-/m1/s1. The van der Waals surface area contributed by atoms with Gasteiger partial charge in [-0.05, 0) is 54.6 Å². The molecule has 0 saturated carbocycles. The average molecular weight is 511 g/mol. The number of nitrogens with two attached hydrogens (primary N) is 1. The lowest BCUT2D eigenvalue weighted by Crippen LogP contribution is -2.45. The van der Waals surface area contributed by atoms with E-state index in [1.165, 1.54) is 16.8 Å². The molecule has 1 atom stereocenters. The fourth-order valence-electron chi connectivity index (χ4n) is 6.98. The Morgan fingerprint density at radius 1 is 1.16 bits per heavy atom. The molecular weight excluding hydrogens is 476 g/mol. The normalized spacial score (nSPS) is 21.5. The smallest absolute Gasteiger partial charge is 0.264 e. The Labute approximate surface area is 221 Å². The minimum Gasteiger partial charge on any atom is -0.342 e. The van der Waals surface area contributed by atoms with E-state index in [1.807, 2.05) is 10.9 Å². The number of rotatable bonds is 3. The van der Waals surface area contributed by atoms with Crippen LogP contribution in [0.15, 0.2) is 41.3 Å². The van der Waals surface area contributed by atoms with Crippen molar-refractivity contribution >= 4 is 22.6 Å². The van der Waals surface area contributed by atoms with Gasteiger partial charge in [0.1, 0.15) is 11.1 Å². The largest absolute Gasteiger partial charge is 0.342 e. The number of aromatic nitrogens is 6. The summed E-state index contributed by atoms with van der Waals surface area (Å²) in [4.78, 5) is 23.6. The maximum absolute atomic E-state index is 13.5. The van der Waals surface area contributed by atoms with E-state index >= 15 is 0 Å². The van der Waals surface area contributed by atoms with Gasteiger partial charge in [-0.15, -0.1) is 0 Å². The summed E-state index contributed by atoms with van der Waals surface area (Å²) in [5.41, 5.74) is 13.6. The zero-order chi connectivity index (χ0) is 26.2. The number of hydrogen-bond donors (Lipinski definition) is 3. The van der Waals surface area contributed by atoms with Gasteiger partial charge in [0.2, 0.25) is 5.95 Å². The summed E-state index contributed by atoms with van der Waals surface area (Å²) in [6.07, 6.45) is 7.95. The molecule has 3 aromatic heterocycles. The SMILES string of the molecule is CCn1ncc2c1CC(C)(C)C=C2c1n[nH]c2nc(N3CCC4(CC3)Cc3ccccc3[C@H]4N)[nH]c(=O)c12. The van der Waals surface area contributed by atoms with Crippen LogP contribution in [0.2, 0.25) is 0 Å². The number of hydrogen-bond acceptors (Lipinski definition) is 6. The molecule has 0 unspecified atom stereocenters. The van der Waals surface area contributed by atoms with Crippen LogP contribution < -0.4 is 16.2 Å².